The summed E-state index contributed by atoms with van der Waals surface area (Å²) in [5, 5.41) is 0. The Morgan fingerprint density at radius 1 is 1.00 bits per heavy atom. The fraction of sp³-hybridized carbons (Fsp3) is 0.462. The van der Waals surface area contributed by atoms with E-state index in [1.165, 1.54) is 17.7 Å². The van der Waals surface area contributed by atoms with Crippen molar-refractivity contribution in [2.45, 2.75) is 59.7 Å². The van der Waals surface area contributed by atoms with Crippen LogP contribution in [0.25, 0.3) is 11.0 Å². The van der Waals surface area contributed by atoms with E-state index in [9.17, 15) is 9.18 Å². The molecule has 6 heteroatoms. The highest BCUT2D eigenvalue weighted by Crippen LogP contribution is 2.21. The van der Waals surface area contributed by atoms with E-state index in [0.717, 1.165) is 55.8 Å². The van der Waals surface area contributed by atoms with Crippen molar-refractivity contribution >= 4 is 16.9 Å². The van der Waals surface area contributed by atoms with Crippen molar-refractivity contribution in [3.8, 4) is 0 Å². The number of halogens is 1. The molecular weight excluding hydrogens is 403 g/mol. The number of hydrogen-bond donors (Lipinski definition) is 0. The van der Waals surface area contributed by atoms with E-state index in [0.29, 0.717) is 18.7 Å². The zero-order chi connectivity index (χ0) is 23.1. The third kappa shape index (κ3) is 5.74. The zero-order valence-electron chi connectivity index (χ0n) is 19.8. The first-order chi connectivity index (χ1) is 15.5. The van der Waals surface area contributed by atoms with Gasteiger partial charge in [0.1, 0.15) is 11.6 Å². The normalized spacial score (nSPS) is 11.4. The molecule has 0 bridgehead atoms. The van der Waals surface area contributed by atoms with Crippen LogP contribution in [-0.4, -0.2) is 45.4 Å². The Balaban J connectivity index is 1.92. The SMILES string of the molecule is CCCN(C)Cc1ccc2c(c1)nc(CN(CCC)C(=O)c1cccc(F)c1)n2CCC. The van der Waals surface area contributed by atoms with E-state index in [2.05, 4.69) is 48.6 Å². The fourth-order valence-electron chi connectivity index (χ4n) is 4.19. The molecule has 1 heterocycles. The molecule has 0 aliphatic carbocycles. The van der Waals surface area contributed by atoms with Crippen LogP contribution in [-0.2, 0) is 19.6 Å². The summed E-state index contributed by atoms with van der Waals surface area (Å²) in [4.78, 5) is 22.2. The molecule has 3 aromatic rings. The molecule has 32 heavy (non-hydrogen) atoms. The summed E-state index contributed by atoms with van der Waals surface area (Å²) < 4.78 is 15.9. The molecule has 1 amide bonds. The standard InChI is InChI=1S/C26H35FN4O/c1-5-13-29(4)18-20-11-12-24-23(16-20)28-25(31(24)15-7-3)19-30(14-6-2)26(32)21-9-8-10-22(27)17-21/h8-12,16-17H,5-7,13-15,18-19H2,1-4H3. The minimum absolute atomic E-state index is 0.164. The van der Waals surface area contributed by atoms with Gasteiger partial charge in [0.15, 0.2) is 0 Å². The van der Waals surface area contributed by atoms with Gasteiger partial charge in [0.05, 0.1) is 17.6 Å². The lowest BCUT2D eigenvalue weighted by Crippen LogP contribution is -2.32. The molecule has 0 radical (unpaired) electrons. The highest BCUT2D eigenvalue weighted by atomic mass is 19.1. The second-order valence-electron chi connectivity index (χ2n) is 8.48. The third-order valence-corrected chi connectivity index (χ3v) is 5.58. The molecule has 1 aromatic heterocycles. The Morgan fingerprint density at radius 2 is 1.78 bits per heavy atom. The summed E-state index contributed by atoms with van der Waals surface area (Å²) in [5.74, 6) is 0.313. The van der Waals surface area contributed by atoms with Crippen molar-refractivity contribution in [3.05, 3.63) is 65.2 Å². The number of carbonyl (C=O) groups is 1. The molecule has 2 aromatic carbocycles. The lowest BCUT2D eigenvalue weighted by Gasteiger charge is -2.22. The highest BCUT2D eigenvalue weighted by Gasteiger charge is 2.20. The van der Waals surface area contributed by atoms with Gasteiger partial charge in [-0.1, -0.05) is 32.9 Å². The van der Waals surface area contributed by atoms with Gasteiger partial charge in [-0.2, -0.15) is 0 Å². The van der Waals surface area contributed by atoms with E-state index in [4.69, 9.17) is 4.98 Å². The first kappa shape index (κ1) is 23.9. The monoisotopic (exact) mass is 438 g/mol. The fourth-order valence-corrected chi connectivity index (χ4v) is 4.19. The van der Waals surface area contributed by atoms with Gasteiger partial charge >= 0.3 is 0 Å². The number of benzene rings is 2. The average Bonchev–Trinajstić information content (AvgIpc) is 3.09. The largest absolute Gasteiger partial charge is 0.331 e. The topological polar surface area (TPSA) is 41.4 Å². The van der Waals surface area contributed by atoms with Crippen molar-refractivity contribution in [2.24, 2.45) is 0 Å². The maximum absolute atomic E-state index is 13.7. The Morgan fingerprint density at radius 3 is 2.47 bits per heavy atom. The summed E-state index contributed by atoms with van der Waals surface area (Å²) >= 11 is 0. The van der Waals surface area contributed by atoms with Crippen LogP contribution in [0, 0.1) is 5.82 Å². The van der Waals surface area contributed by atoms with Gasteiger partial charge in [-0.15, -0.1) is 0 Å². The van der Waals surface area contributed by atoms with E-state index in [1.807, 2.05) is 6.92 Å². The third-order valence-electron chi connectivity index (χ3n) is 5.58. The number of hydrogen-bond acceptors (Lipinski definition) is 3. The number of aromatic nitrogens is 2. The van der Waals surface area contributed by atoms with Crippen LogP contribution in [0.15, 0.2) is 42.5 Å². The summed E-state index contributed by atoms with van der Waals surface area (Å²) in [6.45, 7) is 10.2. The summed E-state index contributed by atoms with van der Waals surface area (Å²) in [6, 6.07) is 12.4. The average molecular weight is 439 g/mol. The van der Waals surface area contributed by atoms with E-state index in [1.54, 1.807) is 17.0 Å². The van der Waals surface area contributed by atoms with Gasteiger partial charge in [0.2, 0.25) is 0 Å². The Hall–Kier alpha value is -2.73. The molecule has 3 rings (SSSR count). The predicted molar refractivity (Wildman–Crippen MR) is 128 cm³/mol. The molecule has 0 aliphatic heterocycles. The Bertz CT molecular complexity index is 1050. The van der Waals surface area contributed by atoms with Crippen molar-refractivity contribution in [1.82, 2.24) is 19.4 Å². The Labute approximate surface area is 190 Å². The maximum atomic E-state index is 13.7. The molecule has 0 fully saturated rings. The number of rotatable bonds is 11. The number of amides is 1. The summed E-state index contributed by atoms with van der Waals surface area (Å²) in [6.07, 6.45) is 2.93. The van der Waals surface area contributed by atoms with Crippen LogP contribution < -0.4 is 0 Å². The minimum Gasteiger partial charge on any atom is -0.331 e. The van der Waals surface area contributed by atoms with Crippen LogP contribution in [0.4, 0.5) is 4.39 Å². The van der Waals surface area contributed by atoms with E-state index >= 15 is 0 Å². The second-order valence-corrected chi connectivity index (χ2v) is 8.48. The van der Waals surface area contributed by atoms with Crippen LogP contribution >= 0.6 is 0 Å². The lowest BCUT2D eigenvalue weighted by atomic mass is 10.2. The molecule has 0 spiro atoms. The first-order valence-corrected chi connectivity index (χ1v) is 11.7. The first-order valence-electron chi connectivity index (χ1n) is 11.7. The molecule has 0 unspecified atom stereocenters. The van der Waals surface area contributed by atoms with Gasteiger partial charge in [-0.25, -0.2) is 9.37 Å². The highest BCUT2D eigenvalue weighted by molar-refractivity contribution is 5.94. The van der Waals surface area contributed by atoms with Gasteiger partial charge in [-0.05, 0) is 68.8 Å². The van der Waals surface area contributed by atoms with Gasteiger partial charge < -0.3 is 14.4 Å². The molecule has 172 valence electrons. The number of carbonyl (C=O) groups excluding carboxylic acids is 1. The van der Waals surface area contributed by atoms with Crippen LogP contribution in [0.2, 0.25) is 0 Å². The molecular formula is C26H35FN4O. The second kappa shape index (κ2) is 11.2. The number of aryl methyl sites for hydroxylation is 1. The van der Waals surface area contributed by atoms with Crippen molar-refractivity contribution in [2.75, 3.05) is 20.1 Å². The smallest absolute Gasteiger partial charge is 0.254 e. The maximum Gasteiger partial charge on any atom is 0.254 e. The number of nitrogens with zero attached hydrogens (tertiary/aromatic N) is 4. The number of imidazole rings is 1. The van der Waals surface area contributed by atoms with Crippen LogP contribution in [0.1, 0.15) is 61.8 Å². The van der Waals surface area contributed by atoms with Gasteiger partial charge in [0.25, 0.3) is 5.91 Å². The quantitative estimate of drug-likeness (QED) is 0.398. The molecule has 0 N–H and O–H groups in total. The van der Waals surface area contributed by atoms with Gasteiger partial charge in [-0.3, -0.25) is 4.79 Å². The zero-order valence-corrected chi connectivity index (χ0v) is 19.8. The van der Waals surface area contributed by atoms with Crippen molar-refractivity contribution in [3.63, 3.8) is 0 Å². The predicted octanol–water partition coefficient (Wildman–Crippen LogP) is 5.48. The Kier molecular flexibility index (Phi) is 8.39. The molecule has 5 nitrogen and oxygen atoms in total. The van der Waals surface area contributed by atoms with Crippen molar-refractivity contribution < 1.29 is 9.18 Å². The van der Waals surface area contributed by atoms with E-state index < -0.39 is 5.82 Å². The van der Waals surface area contributed by atoms with Gasteiger partial charge in [0, 0.05) is 25.2 Å². The lowest BCUT2D eigenvalue weighted by molar-refractivity contribution is 0.0736. The van der Waals surface area contributed by atoms with Crippen molar-refractivity contribution in [1.29, 1.82) is 0 Å². The van der Waals surface area contributed by atoms with E-state index in [-0.39, 0.29) is 5.91 Å². The molecule has 0 saturated heterocycles. The minimum atomic E-state index is -0.397. The number of fused-ring (bicyclic) bond motifs is 1. The van der Waals surface area contributed by atoms with Crippen LogP contribution in [0.3, 0.4) is 0 Å². The molecule has 0 saturated carbocycles. The summed E-state index contributed by atoms with van der Waals surface area (Å²) in [5.41, 5.74) is 3.67. The summed E-state index contributed by atoms with van der Waals surface area (Å²) in [7, 11) is 2.13. The molecule has 0 aliphatic rings. The molecule has 0 atom stereocenters. The van der Waals surface area contributed by atoms with Crippen LogP contribution in [0.5, 0.6) is 0 Å².